The van der Waals surface area contributed by atoms with Gasteiger partial charge >= 0.3 is 0 Å². The van der Waals surface area contributed by atoms with Crippen LogP contribution < -0.4 is 15.4 Å². The van der Waals surface area contributed by atoms with Gasteiger partial charge in [0.2, 0.25) is 5.91 Å². The van der Waals surface area contributed by atoms with E-state index in [-0.39, 0.29) is 11.9 Å². The van der Waals surface area contributed by atoms with Crippen molar-refractivity contribution in [2.24, 2.45) is 0 Å². The van der Waals surface area contributed by atoms with Gasteiger partial charge in [0.05, 0.1) is 13.2 Å². The predicted molar refractivity (Wildman–Crippen MR) is 66.1 cm³/mol. The number of carbonyl (C=O) groups is 1. The van der Waals surface area contributed by atoms with E-state index in [9.17, 15) is 4.79 Å². The number of aryl methyl sites for hydroxylation is 1. The van der Waals surface area contributed by atoms with E-state index in [0.717, 1.165) is 30.0 Å². The standard InChI is InChI=1S/C13H18N2O2/c1-9-7-10(3-4-12(9)17-2)11-8-14-6-5-13(16)15-11/h3-4,7,11,14H,5-6,8H2,1-2H3,(H,15,16). The molecule has 1 saturated heterocycles. The Balaban J connectivity index is 2.20. The predicted octanol–water partition coefficient (Wildman–Crippen LogP) is 1.15. The zero-order chi connectivity index (χ0) is 12.3. The second kappa shape index (κ2) is 5.19. The molecule has 92 valence electrons. The van der Waals surface area contributed by atoms with Crippen LogP contribution in [0.25, 0.3) is 0 Å². The number of nitrogens with one attached hydrogen (secondary N) is 2. The largest absolute Gasteiger partial charge is 0.496 e. The molecule has 0 bridgehead atoms. The molecule has 1 aromatic carbocycles. The van der Waals surface area contributed by atoms with Crippen molar-refractivity contribution in [3.63, 3.8) is 0 Å². The summed E-state index contributed by atoms with van der Waals surface area (Å²) in [4.78, 5) is 11.5. The minimum Gasteiger partial charge on any atom is -0.496 e. The molecule has 0 aromatic heterocycles. The molecule has 17 heavy (non-hydrogen) atoms. The highest BCUT2D eigenvalue weighted by Crippen LogP contribution is 2.22. The van der Waals surface area contributed by atoms with Crippen LogP contribution in [-0.2, 0) is 4.79 Å². The molecule has 4 heteroatoms. The van der Waals surface area contributed by atoms with Gasteiger partial charge in [-0.25, -0.2) is 0 Å². The molecule has 1 unspecified atom stereocenters. The van der Waals surface area contributed by atoms with Gasteiger partial charge in [-0.3, -0.25) is 4.79 Å². The highest BCUT2D eigenvalue weighted by molar-refractivity contribution is 5.77. The minimum absolute atomic E-state index is 0.0506. The minimum atomic E-state index is 0.0506. The molecule has 1 aromatic rings. The second-order valence-corrected chi connectivity index (χ2v) is 4.30. The van der Waals surface area contributed by atoms with E-state index >= 15 is 0 Å². The Morgan fingerprint density at radius 3 is 2.94 bits per heavy atom. The van der Waals surface area contributed by atoms with Gasteiger partial charge in [-0.05, 0) is 24.1 Å². The van der Waals surface area contributed by atoms with E-state index < -0.39 is 0 Å². The Kier molecular flexibility index (Phi) is 3.64. The number of ether oxygens (including phenoxy) is 1. The van der Waals surface area contributed by atoms with Gasteiger partial charge < -0.3 is 15.4 Å². The highest BCUT2D eigenvalue weighted by atomic mass is 16.5. The molecular formula is C13H18N2O2. The van der Waals surface area contributed by atoms with E-state index in [1.807, 2.05) is 19.1 Å². The normalized spacial score (nSPS) is 20.6. The van der Waals surface area contributed by atoms with Crippen LogP contribution in [0.5, 0.6) is 5.75 Å². The Bertz CT molecular complexity index is 418. The van der Waals surface area contributed by atoms with Gasteiger partial charge in [0.15, 0.2) is 0 Å². The average Bonchev–Trinajstić information content (AvgIpc) is 2.54. The van der Waals surface area contributed by atoms with Crippen molar-refractivity contribution in [3.05, 3.63) is 29.3 Å². The van der Waals surface area contributed by atoms with Crippen molar-refractivity contribution in [1.29, 1.82) is 0 Å². The Morgan fingerprint density at radius 1 is 1.41 bits per heavy atom. The summed E-state index contributed by atoms with van der Waals surface area (Å²) >= 11 is 0. The molecule has 1 atom stereocenters. The van der Waals surface area contributed by atoms with Gasteiger partial charge in [0, 0.05) is 19.5 Å². The first-order valence-corrected chi connectivity index (χ1v) is 5.85. The van der Waals surface area contributed by atoms with E-state index in [1.54, 1.807) is 7.11 Å². The highest BCUT2D eigenvalue weighted by Gasteiger charge is 2.18. The van der Waals surface area contributed by atoms with E-state index in [2.05, 4.69) is 16.7 Å². The number of hydrogen-bond acceptors (Lipinski definition) is 3. The first-order valence-electron chi connectivity index (χ1n) is 5.85. The monoisotopic (exact) mass is 234 g/mol. The fourth-order valence-electron chi connectivity index (χ4n) is 2.09. The van der Waals surface area contributed by atoms with Crippen molar-refractivity contribution >= 4 is 5.91 Å². The van der Waals surface area contributed by atoms with Crippen LogP contribution in [0.1, 0.15) is 23.6 Å². The van der Waals surface area contributed by atoms with E-state index in [4.69, 9.17) is 4.74 Å². The molecule has 0 saturated carbocycles. The topological polar surface area (TPSA) is 50.4 Å². The molecule has 1 aliphatic heterocycles. The summed E-state index contributed by atoms with van der Waals surface area (Å²) < 4.78 is 5.23. The lowest BCUT2D eigenvalue weighted by Crippen LogP contribution is -2.30. The molecule has 1 heterocycles. The Labute approximate surface area is 101 Å². The van der Waals surface area contributed by atoms with Crippen LogP contribution in [0.4, 0.5) is 0 Å². The fourth-order valence-corrected chi connectivity index (χ4v) is 2.09. The molecule has 2 rings (SSSR count). The van der Waals surface area contributed by atoms with Crippen molar-refractivity contribution in [3.8, 4) is 5.75 Å². The summed E-state index contributed by atoms with van der Waals surface area (Å²) in [7, 11) is 1.66. The van der Waals surface area contributed by atoms with Crippen molar-refractivity contribution in [1.82, 2.24) is 10.6 Å². The first kappa shape index (κ1) is 11.9. The van der Waals surface area contributed by atoms with Crippen LogP contribution in [0.2, 0.25) is 0 Å². The van der Waals surface area contributed by atoms with Crippen molar-refractivity contribution in [2.45, 2.75) is 19.4 Å². The molecule has 4 nitrogen and oxygen atoms in total. The number of rotatable bonds is 2. The quantitative estimate of drug-likeness (QED) is 0.807. The zero-order valence-electron chi connectivity index (χ0n) is 10.2. The summed E-state index contributed by atoms with van der Waals surface area (Å²) in [6, 6.07) is 6.07. The van der Waals surface area contributed by atoms with E-state index in [0.29, 0.717) is 6.42 Å². The van der Waals surface area contributed by atoms with Crippen LogP contribution in [0.3, 0.4) is 0 Å². The van der Waals surface area contributed by atoms with Crippen molar-refractivity contribution in [2.75, 3.05) is 20.2 Å². The maximum absolute atomic E-state index is 11.5. The SMILES string of the molecule is COc1ccc(C2CNCCC(=O)N2)cc1C. The van der Waals surface area contributed by atoms with Gasteiger partial charge in [-0.1, -0.05) is 12.1 Å². The molecule has 2 N–H and O–H groups in total. The number of hydrogen-bond donors (Lipinski definition) is 2. The molecule has 1 fully saturated rings. The first-order chi connectivity index (χ1) is 8.20. The van der Waals surface area contributed by atoms with Gasteiger partial charge in [0.1, 0.15) is 5.75 Å². The van der Waals surface area contributed by atoms with Crippen LogP contribution in [0.15, 0.2) is 18.2 Å². The lowest BCUT2D eigenvalue weighted by atomic mass is 10.0. The smallest absolute Gasteiger partial charge is 0.221 e. The third kappa shape index (κ3) is 2.77. The third-order valence-corrected chi connectivity index (χ3v) is 3.03. The second-order valence-electron chi connectivity index (χ2n) is 4.30. The van der Waals surface area contributed by atoms with E-state index in [1.165, 1.54) is 0 Å². The van der Waals surface area contributed by atoms with Gasteiger partial charge in [-0.2, -0.15) is 0 Å². The van der Waals surface area contributed by atoms with Crippen LogP contribution >= 0.6 is 0 Å². The summed E-state index contributed by atoms with van der Waals surface area (Å²) in [5.41, 5.74) is 2.20. The summed E-state index contributed by atoms with van der Waals surface area (Å²) in [5.74, 6) is 0.982. The van der Waals surface area contributed by atoms with Gasteiger partial charge in [-0.15, -0.1) is 0 Å². The molecule has 1 amide bonds. The maximum atomic E-state index is 11.5. The molecule has 0 spiro atoms. The molecule has 0 radical (unpaired) electrons. The average molecular weight is 234 g/mol. The van der Waals surface area contributed by atoms with Crippen molar-refractivity contribution < 1.29 is 9.53 Å². The number of carbonyl (C=O) groups excluding carboxylic acids is 1. The summed E-state index contributed by atoms with van der Waals surface area (Å²) in [6.07, 6.45) is 0.547. The molecule has 1 aliphatic rings. The summed E-state index contributed by atoms with van der Waals surface area (Å²) in [5, 5.41) is 6.28. The summed E-state index contributed by atoms with van der Waals surface area (Å²) in [6.45, 7) is 3.53. The van der Waals surface area contributed by atoms with Gasteiger partial charge in [0.25, 0.3) is 0 Å². The third-order valence-electron chi connectivity index (χ3n) is 3.03. The maximum Gasteiger partial charge on any atom is 0.221 e. The number of methoxy groups -OCH3 is 1. The molecular weight excluding hydrogens is 216 g/mol. The zero-order valence-corrected chi connectivity index (χ0v) is 10.2. The lowest BCUT2D eigenvalue weighted by Gasteiger charge is -2.17. The molecule has 0 aliphatic carbocycles. The fraction of sp³-hybridized carbons (Fsp3) is 0.462. The Hall–Kier alpha value is -1.55. The number of amides is 1. The van der Waals surface area contributed by atoms with Crippen LogP contribution in [-0.4, -0.2) is 26.1 Å². The van der Waals surface area contributed by atoms with Crippen LogP contribution in [0, 0.1) is 6.92 Å². The Morgan fingerprint density at radius 2 is 2.24 bits per heavy atom. The lowest BCUT2D eigenvalue weighted by molar-refractivity contribution is -0.121. The number of benzene rings is 1.